The molecular weight excluding hydrogens is 721 g/mol. The van der Waals surface area contributed by atoms with E-state index >= 15 is 17.6 Å². The van der Waals surface area contributed by atoms with Gasteiger partial charge in [0, 0.05) is 48.1 Å². The fraction of sp³-hybridized carbons (Fsp3) is 0.514. The number of halogens is 6. The fourth-order valence-corrected chi connectivity index (χ4v) is 9.52. The molecule has 3 aliphatic rings. The molecule has 7 rings (SSSR count). The number of thiophene rings is 1. The zero-order valence-corrected chi connectivity index (χ0v) is 30.5. The molecule has 5 unspecified atom stereocenters. The molecule has 0 aliphatic carbocycles. The molecule has 1 amide bonds. The van der Waals surface area contributed by atoms with Crippen LogP contribution >= 0.6 is 11.3 Å². The first-order valence-corrected chi connectivity index (χ1v) is 18.5. The van der Waals surface area contributed by atoms with E-state index in [1.54, 1.807) is 25.7 Å². The molecule has 0 bridgehead atoms. The average molecular weight is 760 g/mol. The highest BCUT2D eigenvalue weighted by Crippen LogP contribution is 2.48. The monoisotopic (exact) mass is 759 g/mol. The van der Waals surface area contributed by atoms with Gasteiger partial charge in [0.05, 0.1) is 21.4 Å². The van der Waals surface area contributed by atoms with Gasteiger partial charge in [-0.1, -0.05) is 19.9 Å². The van der Waals surface area contributed by atoms with Crippen molar-refractivity contribution in [3.8, 4) is 23.2 Å². The molecule has 5 atom stereocenters. The number of ether oxygens (including phenoxy) is 1. The third-order valence-corrected chi connectivity index (χ3v) is 12.1. The number of nitrogen functional groups attached to an aromatic ring is 1. The Balaban J connectivity index is 1.44. The number of benzene rings is 2. The Morgan fingerprint density at radius 3 is 2.62 bits per heavy atom. The minimum atomic E-state index is -5.13. The Hall–Kier alpha value is -4.36. The number of aromatic nitrogens is 2. The summed E-state index contributed by atoms with van der Waals surface area (Å²) in [5, 5.41) is 9.26. The molecule has 3 fully saturated rings. The molecule has 9 nitrogen and oxygen atoms in total. The topological polar surface area (TPSA) is 112 Å². The molecule has 3 saturated heterocycles. The number of nitrogens with zero attached hydrogens (tertiary/aromatic N) is 6. The van der Waals surface area contributed by atoms with Crippen LogP contribution in [0.15, 0.2) is 18.2 Å². The lowest BCUT2D eigenvalue weighted by molar-refractivity contribution is -0.139. The lowest BCUT2D eigenvalue weighted by Gasteiger charge is -2.45. The van der Waals surface area contributed by atoms with Gasteiger partial charge in [-0.2, -0.15) is 28.4 Å². The molecule has 282 valence electrons. The van der Waals surface area contributed by atoms with Gasteiger partial charge < -0.3 is 20.3 Å². The van der Waals surface area contributed by atoms with Gasteiger partial charge in [-0.3, -0.25) is 9.69 Å². The lowest BCUT2D eigenvalue weighted by Crippen LogP contribution is -2.59. The van der Waals surface area contributed by atoms with Crippen LogP contribution in [-0.2, 0) is 11.0 Å². The second-order valence-electron chi connectivity index (χ2n) is 14.7. The van der Waals surface area contributed by atoms with Crippen LogP contribution in [0.3, 0.4) is 0 Å². The average Bonchev–Trinajstić information content (AvgIpc) is 3.76. The highest BCUT2D eigenvalue weighted by molar-refractivity contribution is 7.23. The molecule has 0 spiro atoms. The maximum absolute atomic E-state index is 17.2. The summed E-state index contributed by atoms with van der Waals surface area (Å²) in [6.45, 7) is 9.20. The number of amides is 1. The molecule has 3 aliphatic heterocycles. The summed E-state index contributed by atoms with van der Waals surface area (Å²) in [4.78, 5) is 27.4. The molecule has 5 heterocycles. The third-order valence-electron chi connectivity index (χ3n) is 11.0. The zero-order valence-electron chi connectivity index (χ0n) is 29.7. The number of rotatable bonds is 7. The maximum atomic E-state index is 17.2. The van der Waals surface area contributed by atoms with Gasteiger partial charge in [-0.15, -0.1) is 11.3 Å². The summed E-state index contributed by atoms with van der Waals surface area (Å²) < 4.78 is 98.2. The van der Waals surface area contributed by atoms with Crippen molar-refractivity contribution in [3.63, 3.8) is 0 Å². The maximum Gasteiger partial charge on any atom is 0.417 e. The van der Waals surface area contributed by atoms with Crippen LogP contribution in [0.4, 0.5) is 37.2 Å². The second kappa shape index (κ2) is 13.5. The Labute approximate surface area is 306 Å². The third kappa shape index (κ3) is 6.19. The number of hydrogen-bond donors (Lipinski definition) is 1. The van der Waals surface area contributed by atoms with Crippen LogP contribution in [0, 0.1) is 28.9 Å². The van der Waals surface area contributed by atoms with Gasteiger partial charge in [0.2, 0.25) is 0 Å². The standard InChI is InChI=1S/C37H39F6N7O2S/c1-5-25(38)34(51)50-16-19(3)49(15-20(50)4)33-22-11-24(37(41,42)43)28(21-7-8-26(39)31-27(21)23(13-44)32(45)53-31)29(40)30(22)46-35(47-33)52-17-36-9-6-10-48(36)14-18(2)12-36/h7-8,11,18-20,25H,5-6,9-10,12,14-17,45H2,1-4H3. The van der Waals surface area contributed by atoms with Crippen molar-refractivity contribution in [2.45, 2.75) is 83.3 Å². The molecule has 4 aromatic rings. The van der Waals surface area contributed by atoms with E-state index < -0.39 is 58.6 Å². The number of piperazine rings is 1. The number of carbonyl (C=O) groups excluding carboxylic acids is 1. The highest BCUT2D eigenvalue weighted by atomic mass is 32.1. The van der Waals surface area contributed by atoms with Crippen LogP contribution in [-0.4, -0.2) is 82.3 Å². The van der Waals surface area contributed by atoms with E-state index in [0.717, 1.165) is 50.6 Å². The van der Waals surface area contributed by atoms with E-state index in [-0.39, 0.29) is 75.1 Å². The number of anilines is 2. The van der Waals surface area contributed by atoms with Crippen molar-refractivity contribution in [2.24, 2.45) is 5.92 Å². The van der Waals surface area contributed by atoms with Crippen LogP contribution in [0.25, 0.3) is 32.1 Å². The minimum Gasteiger partial charge on any atom is -0.461 e. The normalized spacial score (nSPS) is 24.2. The van der Waals surface area contributed by atoms with Gasteiger partial charge in [-0.25, -0.2) is 13.2 Å². The molecule has 2 N–H and O–H groups in total. The Kier molecular flexibility index (Phi) is 9.41. The van der Waals surface area contributed by atoms with Gasteiger partial charge in [0.15, 0.2) is 12.0 Å². The number of hydrogen-bond acceptors (Lipinski definition) is 9. The summed E-state index contributed by atoms with van der Waals surface area (Å²) in [6.07, 6.45) is -4.14. The van der Waals surface area contributed by atoms with E-state index in [0.29, 0.717) is 17.3 Å². The number of nitriles is 1. The number of nitrogens with two attached hydrogens (primary N) is 1. The van der Waals surface area contributed by atoms with E-state index in [4.69, 9.17) is 10.5 Å². The first-order valence-electron chi connectivity index (χ1n) is 17.7. The predicted molar refractivity (Wildman–Crippen MR) is 190 cm³/mol. The first-order chi connectivity index (χ1) is 25.1. The van der Waals surface area contributed by atoms with Crippen molar-refractivity contribution in [2.75, 3.05) is 43.4 Å². The molecular formula is C37H39F6N7O2S. The van der Waals surface area contributed by atoms with E-state index in [1.807, 2.05) is 6.07 Å². The first kappa shape index (κ1) is 37.0. The van der Waals surface area contributed by atoms with E-state index in [2.05, 4.69) is 21.8 Å². The molecule has 2 aromatic carbocycles. The van der Waals surface area contributed by atoms with Crippen molar-refractivity contribution >= 4 is 49.1 Å². The van der Waals surface area contributed by atoms with Crippen LogP contribution in [0.1, 0.15) is 64.5 Å². The van der Waals surface area contributed by atoms with E-state index in [9.17, 15) is 18.8 Å². The Morgan fingerprint density at radius 2 is 1.92 bits per heavy atom. The summed E-state index contributed by atoms with van der Waals surface area (Å²) in [7, 11) is 0. The van der Waals surface area contributed by atoms with Gasteiger partial charge in [-0.05, 0) is 69.7 Å². The molecule has 16 heteroatoms. The Morgan fingerprint density at radius 1 is 1.17 bits per heavy atom. The molecule has 2 aromatic heterocycles. The minimum absolute atomic E-state index is 0.00881. The van der Waals surface area contributed by atoms with E-state index in [1.165, 1.54) is 4.90 Å². The predicted octanol–water partition coefficient (Wildman–Crippen LogP) is 7.69. The summed E-state index contributed by atoms with van der Waals surface area (Å²) in [5.41, 5.74) is 2.28. The number of alkyl halides is 4. The van der Waals surface area contributed by atoms with Crippen molar-refractivity contribution in [1.82, 2.24) is 19.8 Å². The summed E-state index contributed by atoms with van der Waals surface area (Å²) in [5.74, 6) is -2.49. The largest absolute Gasteiger partial charge is 0.461 e. The van der Waals surface area contributed by atoms with Crippen molar-refractivity contribution in [3.05, 3.63) is 41.0 Å². The van der Waals surface area contributed by atoms with Crippen LogP contribution < -0.4 is 15.4 Å². The zero-order chi connectivity index (χ0) is 38.1. The van der Waals surface area contributed by atoms with Crippen molar-refractivity contribution in [1.29, 1.82) is 5.26 Å². The van der Waals surface area contributed by atoms with Gasteiger partial charge >= 0.3 is 12.2 Å². The summed E-state index contributed by atoms with van der Waals surface area (Å²) >= 11 is 0.685. The van der Waals surface area contributed by atoms with Gasteiger partial charge in [0.25, 0.3) is 5.91 Å². The SMILES string of the molecule is CCC(F)C(=O)N1CC(C)N(c2nc(OCC34CCCN3CC(C)C4)nc3c(F)c(-c4ccc(F)c5sc(N)c(C#N)c45)c(C(F)(F)F)cc23)CC1C. The second-order valence-corrected chi connectivity index (χ2v) is 15.7. The van der Waals surface area contributed by atoms with Crippen LogP contribution in [0.5, 0.6) is 6.01 Å². The fourth-order valence-electron chi connectivity index (χ4n) is 8.57. The Bertz CT molecular complexity index is 2150. The quantitative estimate of drug-likeness (QED) is 0.191. The van der Waals surface area contributed by atoms with Crippen molar-refractivity contribution < 1.29 is 35.9 Å². The summed E-state index contributed by atoms with van der Waals surface area (Å²) in [6, 6.07) is 3.13. The number of carbonyl (C=O) groups is 1. The smallest absolute Gasteiger partial charge is 0.417 e. The van der Waals surface area contributed by atoms with Gasteiger partial charge in [0.1, 0.15) is 34.8 Å². The van der Waals surface area contributed by atoms with Crippen LogP contribution in [0.2, 0.25) is 0 Å². The molecule has 53 heavy (non-hydrogen) atoms. The lowest BCUT2D eigenvalue weighted by atomic mass is 9.91. The molecule has 0 saturated carbocycles. The number of fused-ring (bicyclic) bond motifs is 3. The highest BCUT2D eigenvalue weighted by Gasteiger charge is 2.48. The molecule has 0 radical (unpaired) electrons.